The van der Waals surface area contributed by atoms with E-state index >= 15 is 0 Å². The van der Waals surface area contributed by atoms with E-state index in [2.05, 4.69) is 25.6 Å². The summed E-state index contributed by atoms with van der Waals surface area (Å²) in [4.78, 5) is 12.2. The molecule has 0 saturated carbocycles. The summed E-state index contributed by atoms with van der Waals surface area (Å²) in [5.41, 5.74) is 2.33. The average Bonchev–Trinajstić information content (AvgIpc) is 2.87. The lowest BCUT2D eigenvalue weighted by atomic mass is 10.1. The summed E-state index contributed by atoms with van der Waals surface area (Å²) in [6.45, 7) is -0.0912. The van der Waals surface area contributed by atoms with Crippen molar-refractivity contribution in [2.75, 3.05) is 17.2 Å². The second-order valence-electron chi connectivity index (χ2n) is 7.51. The number of aromatic nitrogens is 3. The van der Waals surface area contributed by atoms with Crippen molar-refractivity contribution in [3.63, 3.8) is 0 Å². The van der Waals surface area contributed by atoms with Gasteiger partial charge in [0.05, 0.1) is 18.3 Å². The van der Waals surface area contributed by atoms with Gasteiger partial charge in [-0.15, -0.1) is 0 Å². The van der Waals surface area contributed by atoms with Crippen molar-refractivity contribution >= 4 is 11.8 Å². The highest BCUT2D eigenvalue weighted by Crippen LogP contribution is 2.35. The predicted molar refractivity (Wildman–Crippen MR) is 124 cm³/mol. The lowest BCUT2D eigenvalue weighted by Gasteiger charge is -2.21. The molecule has 0 aliphatic carbocycles. The molecular weight excluding hydrogens is 443 g/mol. The van der Waals surface area contributed by atoms with Gasteiger partial charge in [0.25, 0.3) is 0 Å². The molecule has 0 aliphatic heterocycles. The summed E-state index contributed by atoms with van der Waals surface area (Å²) in [6.07, 6.45) is -2.20. The normalized spacial score (nSPS) is 12.2. The van der Waals surface area contributed by atoms with E-state index in [1.165, 1.54) is 0 Å². The van der Waals surface area contributed by atoms with Crippen LogP contribution in [0.1, 0.15) is 22.7 Å². The Kier molecular flexibility index (Phi) is 7.03. The number of pyridine rings is 1. The standard InChI is InChI=1S/C25H22F3N5O/c26-25(27,28)20-15-31-24(33-23(20)32-22(16-34)18-6-2-1-3-7-18)30-14-17-9-11-19(12-10-17)21-8-4-5-13-29-21/h1-13,15,22,34H,14,16H2,(H2,30,31,32,33)/t22-/m0/s1. The summed E-state index contributed by atoms with van der Waals surface area (Å²) in [6, 6.07) is 21.3. The molecule has 2 aromatic heterocycles. The molecule has 2 aromatic carbocycles. The number of halogens is 3. The van der Waals surface area contributed by atoms with Gasteiger partial charge in [0.15, 0.2) is 0 Å². The van der Waals surface area contributed by atoms with Crippen LogP contribution in [0.25, 0.3) is 11.3 Å². The van der Waals surface area contributed by atoms with Crippen molar-refractivity contribution in [3.8, 4) is 11.3 Å². The maximum absolute atomic E-state index is 13.6. The molecule has 1 atom stereocenters. The second kappa shape index (κ2) is 10.3. The van der Waals surface area contributed by atoms with Crippen LogP contribution in [0.5, 0.6) is 0 Å². The van der Waals surface area contributed by atoms with Crippen LogP contribution in [0.4, 0.5) is 24.9 Å². The molecule has 0 radical (unpaired) electrons. The molecule has 4 aromatic rings. The molecule has 0 amide bonds. The lowest BCUT2D eigenvalue weighted by molar-refractivity contribution is -0.137. The van der Waals surface area contributed by atoms with Crippen molar-refractivity contribution in [2.24, 2.45) is 0 Å². The number of hydrogen-bond acceptors (Lipinski definition) is 6. The van der Waals surface area contributed by atoms with Crippen molar-refractivity contribution in [2.45, 2.75) is 18.8 Å². The van der Waals surface area contributed by atoms with Crippen molar-refractivity contribution in [1.82, 2.24) is 15.0 Å². The minimum Gasteiger partial charge on any atom is -0.394 e. The van der Waals surface area contributed by atoms with E-state index in [4.69, 9.17) is 0 Å². The Morgan fingerprint density at radius 1 is 0.882 bits per heavy atom. The molecule has 0 aliphatic rings. The largest absolute Gasteiger partial charge is 0.421 e. The number of nitrogens with zero attached hydrogens (tertiary/aromatic N) is 3. The van der Waals surface area contributed by atoms with Crippen LogP contribution in [-0.4, -0.2) is 26.7 Å². The Balaban J connectivity index is 1.51. The molecule has 9 heteroatoms. The van der Waals surface area contributed by atoms with Gasteiger partial charge >= 0.3 is 6.18 Å². The molecule has 4 rings (SSSR count). The summed E-state index contributed by atoms with van der Waals surface area (Å²) < 4.78 is 40.7. The van der Waals surface area contributed by atoms with Crippen molar-refractivity contribution in [1.29, 1.82) is 0 Å². The molecule has 34 heavy (non-hydrogen) atoms. The van der Waals surface area contributed by atoms with Crippen LogP contribution >= 0.6 is 0 Å². The van der Waals surface area contributed by atoms with Crippen LogP contribution in [0.3, 0.4) is 0 Å². The topological polar surface area (TPSA) is 83.0 Å². The Morgan fingerprint density at radius 2 is 1.62 bits per heavy atom. The maximum Gasteiger partial charge on any atom is 0.421 e. The van der Waals surface area contributed by atoms with Crippen LogP contribution in [0.2, 0.25) is 0 Å². The number of rotatable bonds is 8. The Labute approximate surface area is 194 Å². The quantitative estimate of drug-likeness (QED) is 0.327. The molecule has 174 valence electrons. The lowest BCUT2D eigenvalue weighted by Crippen LogP contribution is -2.20. The summed E-state index contributed by atoms with van der Waals surface area (Å²) in [7, 11) is 0. The van der Waals surface area contributed by atoms with Gasteiger partial charge in [0.1, 0.15) is 11.4 Å². The summed E-state index contributed by atoms with van der Waals surface area (Å²) >= 11 is 0. The molecule has 0 saturated heterocycles. The highest BCUT2D eigenvalue weighted by molar-refractivity contribution is 5.59. The van der Waals surface area contributed by atoms with Crippen LogP contribution in [0.15, 0.2) is 85.2 Å². The fraction of sp³-hybridized carbons (Fsp3) is 0.160. The number of alkyl halides is 3. The monoisotopic (exact) mass is 465 g/mol. The van der Waals surface area contributed by atoms with Gasteiger partial charge in [0, 0.05) is 24.5 Å². The maximum atomic E-state index is 13.6. The number of aliphatic hydroxyl groups excluding tert-OH is 1. The van der Waals surface area contributed by atoms with E-state index in [9.17, 15) is 18.3 Å². The van der Waals surface area contributed by atoms with Gasteiger partial charge < -0.3 is 15.7 Å². The van der Waals surface area contributed by atoms with Crippen LogP contribution < -0.4 is 10.6 Å². The number of hydrogen-bond donors (Lipinski definition) is 3. The zero-order valence-corrected chi connectivity index (χ0v) is 18.0. The van der Waals surface area contributed by atoms with Crippen LogP contribution in [0, 0.1) is 0 Å². The first-order valence-electron chi connectivity index (χ1n) is 10.5. The van der Waals surface area contributed by atoms with E-state index in [0.29, 0.717) is 12.1 Å². The molecule has 0 unspecified atom stereocenters. The minimum atomic E-state index is -4.65. The molecule has 0 bridgehead atoms. The Morgan fingerprint density at radius 3 is 2.26 bits per heavy atom. The second-order valence-corrected chi connectivity index (χ2v) is 7.51. The van der Waals surface area contributed by atoms with Gasteiger partial charge in [-0.25, -0.2) is 4.98 Å². The molecular formula is C25H22F3N5O. The summed E-state index contributed by atoms with van der Waals surface area (Å²) in [5, 5.41) is 15.4. The van der Waals surface area contributed by atoms with E-state index in [-0.39, 0.29) is 5.95 Å². The molecule has 0 fully saturated rings. The first-order valence-corrected chi connectivity index (χ1v) is 10.5. The third kappa shape index (κ3) is 5.68. The Bertz CT molecular complexity index is 1200. The fourth-order valence-corrected chi connectivity index (χ4v) is 3.38. The Hall–Kier alpha value is -3.98. The fourth-order valence-electron chi connectivity index (χ4n) is 3.38. The first-order chi connectivity index (χ1) is 16.4. The smallest absolute Gasteiger partial charge is 0.394 e. The zero-order valence-electron chi connectivity index (χ0n) is 18.0. The van der Waals surface area contributed by atoms with Crippen LogP contribution in [-0.2, 0) is 12.7 Å². The third-order valence-electron chi connectivity index (χ3n) is 5.15. The highest BCUT2D eigenvalue weighted by atomic mass is 19.4. The minimum absolute atomic E-state index is 0.0362. The predicted octanol–water partition coefficient (Wildman–Crippen LogP) is 5.32. The molecule has 3 N–H and O–H groups in total. The third-order valence-corrected chi connectivity index (χ3v) is 5.15. The number of aliphatic hydroxyl groups is 1. The SMILES string of the molecule is OC[C@H](Nc1nc(NCc2ccc(-c3ccccn3)cc2)ncc1C(F)(F)F)c1ccccc1. The van der Waals surface area contributed by atoms with Gasteiger partial charge in [-0.1, -0.05) is 60.7 Å². The molecule has 2 heterocycles. The van der Waals surface area contributed by atoms with E-state index in [0.717, 1.165) is 23.0 Å². The first kappa shape index (κ1) is 23.2. The molecule has 0 spiro atoms. The van der Waals surface area contributed by atoms with Gasteiger partial charge in [-0.3, -0.25) is 4.98 Å². The van der Waals surface area contributed by atoms with Gasteiger partial charge in [0.2, 0.25) is 5.95 Å². The van der Waals surface area contributed by atoms with Crippen molar-refractivity contribution in [3.05, 3.63) is 102 Å². The molecule has 6 nitrogen and oxygen atoms in total. The number of anilines is 2. The highest BCUT2D eigenvalue weighted by Gasteiger charge is 2.36. The van der Waals surface area contributed by atoms with E-state index < -0.39 is 30.2 Å². The van der Waals surface area contributed by atoms with Crippen molar-refractivity contribution < 1.29 is 18.3 Å². The average molecular weight is 465 g/mol. The van der Waals surface area contributed by atoms with Gasteiger partial charge in [-0.05, 0) is 23.3 Å². The van der Waals surface area contributed by atoms with E-state index in [1.807, 2.05) is 42.5 Å². The van der Waals surface area contributed by atoms with E-state index in [1.54, 1.807) is 36.5 Å². The zero-order chi connectivity index (χ0) is 24.0. The number of nitrogens with one attached hydrogen (secondary N) is 2. The van der Waals surface area contributed by atoms with Gasteiger partial charge in [-0.2, -0.15) is 18.2 Å². The summed E-state index contributed by atoms with van der Waals surface area (Å²) in [5.74, 6) is -0.368. The number of benzene rings is 2.